The first-order chi connectivity index (χ1) is 15.9. The average molecular weight is 468 g/mol. The van der Waals surface area contributed by atoms with Gasteiger partial charge >= 0.3 is 12.1 Å². The van der Waals surface area contributed by atoms with Crippen LogP contribution in [-0.2, 0) is 16.0 Å². The Kier molecular flexibility index (Phi) is 6.42. The highest BCUT2D eigenvalue weighted by Gasteiger charge is 2.30. The minimum atomic E-state index is -1.26. The standard InChI is InChI=1S/C25H22ClNO6/c1-32-22-12-14(10-20(26)23(22)28)11-21(24(29)30)27-25(31)33-13-19-17-8-4-2-6-15(17)16-7-3-5-9-18(16)19/h2-10,12,19,21,28H,11,13H2,1H3,(H,27,31)(H,29,30). The van der Waals surface area contributed by atoms with Gasteiger partial charge in [-0.1, -0.05) is 60.1 Å². The molecule has 7 nitrogen and oxygen atoms in total. The molecule has 8 heteroatoms. The minimum absolute atomic E-state index is 0.0228. The van der Waals surface area contributed by atoms with Crippen LogP contribution < -0.4 is 10.1 Å². The summed E-state index contributed by atoms with van der Waals surface area (Å²) in [5.74, 6) is -1.49. The van der Waals surface area contributed by atoms with E-state index in [9.17, 15) is 19.8 Å². The molecule has 1 aliphatic carbocycles. The highest BCUT2D eigenvalue weighted by Crippen LogP contribution is 2.44. The number of carbonyl (C=O) groups excluding carboxylic acids is 1. The van der Waals surface area contributed by atoms with Crippen LogP contribution in [0.15, 0.2) is 60.7 Å². The highest BCUT2D eigenvalue weighted by molar-refractivity contribution is 6.32. The number of methoxy groups -OCH3 is 1. The smallest absolute Gasteiger partial charge is 0.407 e. The van der Waals surface area contributed by atoms with Gasteiger partial charge in [0.1, 0.15) is 12.6 Å². The van der Waals surface area contributed by atoms with Crippen molar-refractivity contribution in [3.8, 4) is 22.6 Å². The molecule has 0 bridgehead atoms. The molecule has 33 heavy (non-hydrogen) atoms. The molecule has 0 fully saturated rings. The molecule has 1 unspecified atom stereocenters. The van der Waals surface area contributed by atoms with Crippen molar-refractivity contribution in [1.82, 2.24) is 5.32 Å². The van der Waals surface area contributed by atoms with E-state index in [0.29, 0.717) is 5.56 Å². The van der Waals surface area contributed by atoms with Crippen molar-refractivity contribution in [3.63, 3.8) is 0 Å². The maximum Gasteiger partial charge on any atom is 0.407 e. The van der Waals surface area contributed by atoms with Crippen molar-refractivity contribution in [1.29, 1.82) is 0 Å². The van der Waals surface area contributed by atoms with Crippen LogP contribution in [0.1, 0.15) is 22.6 Å². The zero-order valence-electron chi connectivity index (χ0n) is 17.7. The lowest BCUT2D eigenvalue weighted by Gasteiger charge is -2.18. The Labute approximate surface area is 195 Å². The van der Waals surface area contributed by atoms with Crippen molar-refractivity contribution >= 4 is 23.7 Å². The van der Waals surface area contributed by atoms with Crippen molar-refractivity contribution in [3.05, 3.63) is 82.4 Å². The molecule has 0 heterocycles. The summed E-state index contributed by atoms with van der Waals surface area (Å²) in [6.07, 6.45) is -0.906. The molecular formula is C25H22ClNO6. The topological polar surface area (TPSA) is 105 Å². The van der Waals surface area contributed by atoms with Crippen LogP contribution in [0.3, 0.4) is 0 Å². The summed E-state index contributed by atoms with van der Waals surface area (Å²) in [6, 6.07) is 17.5. The summed E-state index contributed by atoms with van der Waals surface area (Å²) in [5, 5.41) is 21.9. The molecule has 0 spiro atoms. The van der Waals surface area contributed by atoms with Gasteiger partial charge in [0.05, 0.1) is 12.1 Å². The highest BCUT2D eigenvalue weighted by atomic mass is 35.5. The molecule has 3 aromatic carbocycles. The molecule has 170 valence electrons. The third kappa shape index (κ3) is 4.59. The average Bonchev–Trinajstić information content (AvgIpc) is 3.13. The number of aliphatic carboxylic acids is 1. The van der Waals surface area contributed by atoms with Crippen LogP contribution >= 0.6 is 11.6 Å². The second-order valence-corrected chi connectivity index (χ2v) is 8.10. The largest absolute Gasteiger partial charge is 0.503 e. The lowest BCUT2D eigenvalue weighted by Crippen LogP contribution is -2.42. The zero-order valence-corrected chi connectivity index (χ0v) is 18.5. The number of carbonyl (C=O) groups is 2. The predicted molar refractivity (Wildman–Crippen MR) is 123 cm³/mol. The summed E-state index contributed by atoms with van der Waals surface area (Å²) in [5.41, 5.74) is 4.80. The van der Waals surface area contributed by atoms with E-state index in [-0.39, 0.29) is 35.5 Å². The molecule has 4 rings (SSSR count). The van der Waals surface area contributed by atoms with Crippen molar-refractivity contribution in [2.24, 2.45) is 0 Å². The van der Waals surface area contributed by atoms with E-state index >= 15 is 0 Å². The summed E-state index contributed by atoms with van der Waals surface area (Å²) in [6.45, 7) is 0.0745. The van der Waals surface area contributed by atoms with Crippen LogP contribution in [-0.4, -0.2) is 42.0 Å². The molecule has 3 N–H and O–H groups in total. The van der Waals surface area contributed by atoms with E-state index < -0.39 is 18.1 Å². The Hall–Kier alpha value is -3.71. The van der Waals surface area contributed by atoms with Gasteiger partial charge in [0.25, 0.3) is 0 Å². The van der Waals surface area contributed by atoms with Crippen molar-refractivity contribution in [2.45, 2.75) is 18.4 Å². The van der Waals surface area contributed by atoms with Gasteiger partial charge in [-0.25, -0.2) is 9.59 Å². The number of carboxylic acid groups (broad SMARTS) is 1. The normalized spacial score (nSPS) is 13.0. The van der Waals surface area contributed by atoms with Gasteiger partial charge in [0.15, 0.2) is 11.5 Å². The summed E-state index contributed by atoms with van der Waals surface area (Å²) in [7, 11) is 1.36. The van der Waals surface area contributed by atoms with Crippen LogP contribution in [0.5, 0.6) is 11.5 Å². The number of carboxylic acids is 1. The number of benzene rings is 3. The van der Waals surface area contributed by atoms with Gasteiger partial charge in [0, 0.05) is 12.3 Å². The Morgan fingerprint density at radius 2 is 1.67 bits per heavy atom. The second-order valence-electron chi connectivity index (χ2n) is 7.69. The van der Waals surface area contributed by atoms with Crippen molar-refractivity contribution in [2.75, 3.05) is 13.7 Å². The maximum absolute atomic E-state index is 12.5. The number of hydrogen-bond donors (Lipinski definition) is 3. The molecule has 1 amide bonds. The summed E-state index contributed by atoms with van der Waals surface area (Å²) >= 11 is 5.98. The summed E-state index contributed by atoms with van der Waals surface area (Å²) in [4.78, 5) is 24.2. The third-order valence-electron chi connectivity index (χ3n) is 5.68. The lowest BCUT2D eigenvalue weighted by atomic mass is 9.98. The van der Waals surface area contributed by atoms with Gasteiger partial charge in [0.2, 0.25) is 0 Å². The van der Waals surface area contributed by atoms with Crippen LogP contribution in [0, 0.1) is 0 Å². The number of rotatable bonds is 7. The Morgan fingerprint density at radius 3 is 2.24 bits per heavy atom. The van der Waals surface area contributed by atoms with Crippen molar-refractivity contribution < 1.29 is 29.3 Å². The number of nitrogens with one attached hydrogen (secondary N) is 1. The van der Waals surface area contributed by atoms with Gasteiger partial charge in [-0.15, -0.1) is 0 Å². The first kappa shape index (κ1) is 22.5. The molecule has 0 aliphatic heterocycles. The molecule has 0 saturated carbocycles. The number of halogens is 1. The quantitative estimate of drug-likeness (QED) is 0.469. The maximum atomic E-state index is 12.5. The summed E-state index contributed by atoms with van der Waals surface area (Å²) < 4.78 is 10.5. The number of amides is 1. The first-order valence-corrected chi connectivity index (χ1v) is 10.7. The van der Waals surface area contributed by atoms with E-state index in [2.05, 4.69) is 5.32 Å². The monoisotopic (exact) mass is 467 g/mol. The molecule has 0 radical (unpaired) electrons. The number of hydrogen-bond acceptors (Lipinski definition) is 5. The molecule has 0 saturated heterocycles. The number of ether oxygens (including phenoxy) is 2. The molecular weight excluding hydrogens is 446 g/mol. The fourth-order valence-corrected chi connectivity index (χ4v) is 4.35. The third-order valence-corrected chi connectivity index (χ3v) is 5.97. The predicted octanol–water partition coefficient (Wildman–Crippen LogP) is 4.59. The van der Waals surface area contributed by atoms with Gasteiger partial charge in [-0.2, -0.15) is 0 Å². The van der Waals surface area contributed by atoms with Crippen LogP contribution in [0.25, 0.3) is 11.1 Å². The first-order valence-electron chi connectivity index (χ1n) is 10.3. The zero-order chi connectivity index (χ0) is 23.5. The number of aromatic hydroxyl groups is 1. The molecule has 1 atom stereocenters. The minimum Gasteiger partial charge on any atom is -0.503 e. The molecule has 0 aromatic heterocycles. The SMILES string of the molecule is COc1cc(CC(NC(=O)OCC2c3ccccc3-c3ccccc32)C(=O)O)cc(Cl)c1O. The van der Waals surface area contributed by atoms with E-state index in [1.54, 1.807) is 0 Å². The Morgan fingerprint density at radius 1 is 1.06 bits per heavy atom. The van der Waals surface area contributed by atoms with Gasteiger partial charge < -0.3 is 25.0 Å². The van der Waals surface area contributed by atoms with E-state index in [1.807, 2.05) is 48.5 Å². The van der Waals surface area contributed by atoms with E-state index in [1.165, 1.54) is 19.2 Å². The van der Waals surface area contributed by atoms with E-state index in [0.717, 1.165) is 22.3 Å². The number of phenols is 1. The number of fused-ring (bicyclic) bond motifs is 3. The van der Waals surface area contributed by atoms with Crippen LogP contribution in [0.2, 0.25) is 5.02 Å². The molecule has 1 aliphatic rings. The fourth-order valence-electron chi connectivity index (χ4n) is 4.12. The van der Waals surface area contributed by atoms with E-state index in [4.69, 9.17) is 21.1 Å². The lowest BCUT2D eigenvalue weighted by molar-refractivity contribution is -0.139. The number of alkyl carbamates (subject to hydrolysis) is 1. The van der Waals surface area contributed by atoms with Gasteiger partial charge in [-0.3, -0.25) is 0 Å². The number of phenolic OH excluding ortho intramolecular Hbond substituents is 1. The fraction of sp³-hybridized carbons (Fsp3) is 0.200. The second kappa shape index (κ2) is 9.42. The van der Waals surface area contributed by atoms with Crippen LogP contribution in [0.4, 0.5) is 4.79 Å². The van der Waals surface area contributed by atoms with Gasteiger partial charge in [-0.05, 0) is 39.9 Å². The Bertz CT molecular complexity index is 1170. The Balaban J connectivity index is 1.45. The molecule has 3 aromatic rings.